The number of rotatable bonds is 5. The predicted octanol–water partition coefficient (Wildman–Crippen LogP) is 0.744. The van der Waals surface area contributed by atoms with E-state index < -0.39 is 0 Å². The zero-order valence-electron chi connectivity index (χ0n) is 17.1. The fourth-order valence-corrected chi connectivity index (χ4v) is 4.61. The first kappa shape index (κ1) is 20.8. The number of aliphatic hydroxyl groups excluding tert-OH is 1. The van der Waals surface area contributed by atoms with E-state index >= 15 is 0 Å². The zero-order chi connectivity index (χ0) is 20.1. The highest BCUT2D eigenvalue weighted by atomic mass is 16.5. The highest BCUT2D eigenvalue weighted by molar-refractivity contribution is 5.79. The number of likely N-dealkylation sites (tertiary alicyclic amines) is 1. The fourth-order valence-electron chi connectivity index (χ4n) is 4.61. The average molecular weight is 404 g/mol. The predicted molar refractivity (Wildman–Crippen MR) is 110 cm³/mol. The van der Waals surface area contributed by atoms with Crippen molar-refractivity contribution in [1.82, 2.24) is 14.7 Å². The van der Waals surface area contributed by atoms with Crippen molar-refractivity contribution in [3.8, 4) is 0 Å². The van der Waals surface area contributed by atoms with Crippen LogP contribution < -0.4 is 0 Å². The Morgan fingerprint density at radius 3 is 2.41 bits per heavy atom. The van der Waals surface area contributed by atoms with E-state index in [0.717, 1.165) is 51.1 Å². The maximum atomic E-state index is 13.3. The number of nitrogens with zero attached hydrogens (tertiary/aromatic N) is 3. The lowest BCUT2D eigenvalue weighted by molar-refractivity contribution is -0.150. The molecule has 1 aromatic rings. The number of ether oxygens (including phenoxy) is 2. The Balaban J connectivity index is 1.49. The number of piperidine rings is 1. The molecule has 1 N–H and O–H groups in total. The molecule has 0 radical (unpaired) electrons. The Morgan fingerprint density at radius 1 is 0.966 bits per heavy atom. The van der Waals surface area contributed by atoms with Gasteiger partial charge in [-0.15, -0.1) is 0 Å². The highest BCUT2D eigenvalue weighted by Gasteiger charge is 2.38. The molecule has 7 heteroatoms. The van der Waals surface area contributed by atoms with Gasteiger partial charge in [0.05, 0.1) is 44.6 Å². The van der Waals surface area contributed by atoms with Gasteiger partial charge in [0, 0.05) is 39.3 Å². The number of benzene rings is 1. The van der Waals surface area contributed by atoms with Crippen LogP contribution in [0, 0.1) is 0 Å². The van der Waals surface area contributed by atoms with Crippen molar-refractivity contribution in [3.63, 3.8) is 0 Å². The largest absolute Gasteiger partial charge is 0.393 e. The summed E-state index contributed by atoms with van der Waals surface area (Å²) in [5.41, 5.74) is 1.13. The van der Waals surface area contributed by atoms with Crippen LogP contribution in [0.15, 0.2) is 30.3 Å². The monoisotopic (exact) mass is 403 g/mol. The van der Waals surface area contributed by atoms with Crippen LogP contribution in [0.3, 0.4) is 0 Å². The van der Waals surface area contributed by atoms with Gasteiger partial charge in [-0.05, 0) is 18.4 Å². The number of hydrogen-bond acceptors (Lipinski definition) is 6. The molecule has 4 rings (SSSR count). The van der Waals surface area contributed by atoms with Crippen molar-refractivity contribution < 1.29 is 19.4 Å². The van der Waals surface area contributed by atoms with Gasteiger partial charge < -0.3 is 24.4 Å². The lowest BCUT2D eigenvalue weighted by Gasteiger charge is -2.44. The third-order valence-electron chi connectivity index (χ3n) is 6.27. The van der Waals surface area contributed by atoms with E-state index in [1.807, 2.05) is 23.1 Å². The first-order valence-electron chi connectivity index (χ1n) is 10.9. The minimum atomic E-state index is -0.185. The van der Waals surface area contributed by atoms with Crippen LogP contribution in [-0.4, -0.2) is 104 Å². The molecule has 0 saturated carbocycles. The molecule has 7 nitrogen and oxygen atoms in total. The van der Waals surface area contributed by atoms with E-state index in [4.69, 9.17) is 9.47 Å². The van der Waals surface area contributed by atoms with Crippen molar-refractivity contribution in [3.05, 3.63) is 35.9 Å². The van der Waals surface area contributed by atoms with Gasteiger partial charge in [-0.1, -0.05) is 30.3 Å². The second kappa shape index (κ2) is 10.00. The lowest BCUT2D eigenvalue weighted by Crippen LogP contribution is -2.55. The Kier molecular flexibility index (Phi) is 7.15. The number of aliphatic hydroxyl groups is 1. The molecule has 1 aromatic carbocycles. The van der Waals surface area contributed by atoms with Crippen molar-refractivity contribution in [1.29, 1.82) is 0 Å². The normalized spacial score (nSPS) is 27.8. The van der Waals surface area contributed by atoms with Crippen molar-refractivity contribution in [2.75, 3.05) is 65.6 Å². The zero-order valence-corrected chi connectivity index (χ0v) is 17.1. The third-order valence-corrected chi connectivity index (χ3v) is 6.27. The maximum absolute atomic E-state index is 13.3. The first-order chi connectivity index (χ1) is 14.2. The highest BCUT2D eigenvalue weighted by Crippen LogP contribution is 2.31. The average Bonchev–Trinajstić information content (AvgIpc) is 2.76. The molecule has 0 unspecified atom stereocenters. The molecular weight excluding hydrogens is 370 g/mol. The summed E-state index contributed by atoms with van der Waals surface area (Å²) >= 11 is 0. The van der Waals surface area contributed by atoms with Crippen LogP contribution >= 0.6 is 0 Å². The number of hydrogen-bond donors (Lipinski definition) is 1. The number of amides is 1. The molecule has 2 atom stereocenters. The summed E-state index contributed by atoms with van der Waals surface area (Å²) in [5, 5.41) is 9.81. The van der Waals surface area contributed by atoms with Crippen molar-refractivity contribution in [2.45, 2.75) is 31.1 Å². The summed E-state index contributed by atoms with van der Waals surface area (Å²) in [6.07, 6.45) is 1.37. The lowest BCUT2D eigenvalue weighted by atomic mass is 9.96. The molecule has 0 aromatic heterocycles. The Labute approximate surface area is 173 Å². The molecule has 0 spiro atoms. The van der Waals surface area contributed by atoms with Gasteiger partial charge in [0.25, 0.3) is 0 Å². The molecule has 3 fully saturated rings. The minimum absolute atomic E-state index is 0.0602. The van der Waals surface area contributed by atoms with Crippen LogP contribution in [0.5, 0.6) is 0 Å². The second-order valence-electron chi connectivity index (χ2n) is 8.27. The number of morpholine rings is 2. The summed E-state index contributed by atoms with van der Waals surface area (Å²) in [6.45, 7) is 7.19. The van der Waals surface area contributed by atoms with Gasteiger partial charge in [0.15, 0.2) is 0 Å². The van der Waals surface area contributed by atoms with Crippen LogP contribution in [0.25, 0.3) is 0 Å². The molecule has 3 saturated heterocycles. The Morgan fingerprint density at radius 2 is 1.69 bits per heavy atom. The summed E-state index contributed by atoms with van der Waals surface area (Å²) in [7, 11) is 0. The van der Waals surface area contributed by atoms with E-state index in [-0.39, 0.29) is 24.2 Å². The van der Waals surface area contributed by atoms with E-state index in [9.17, 15) is 9.90 Å². The molecular formula is C22H33N3O4. The van der Waals surface area contributed by atoms with Gasteiger partial charge in [-0.25, -0.2) is 0 Å². The van der Waals surface area contributed by atoms with Crippen LogP contribution in [0.2, 0.25) is 0 Å². The van der Waals surface area contributed by atoms with Gasteiger partial charge >= 0.3 is 0 Å². The molecule has 0 bridgehead atoms. The molecule has 29 heavy (non-hydrogen) atoms. The number of carbonyl (C=O) groups excluding carboxylic acids is 1. The van der Waals surface area contributed by atoms with Gasteiger partial charge in [0.2, 0.25) is 5.91 Å². The van der Waals surface area contributed by atoms with Crippen LogP contribution in [0.1, 0.15) is 24.4 Å². The first-order valence-corrected chi connectivity index (χ1v) is 10.9. The van der Waals surface area contributed by atoms with Gasteiger partial charge in [0.1, 0.15) is 0 Å². The van der Waals surface area contributed by atoms with E-state index in [1.165, 1.54) is 0 Å². The van der Waals surface area contributed by atoms with Crippen LogP contribution in [0.4, 0.5) is 0 Å². The third kappa shape index (κ3) is 5.35. The second-order valence-corrected chi connectivity index (χ2v) is 8.27. The van der Waals surface area contributed by atoms with E-state index in [1.54, 1.807) is 0 Å². The summed E-state index contributed by atoms with van der Waals surface area (Å²) < 4.78 is 11.6. The quantitative estimate of drug-likeness (QED) is 0.783. The smallest absolute Gasteiger partial charge is 0.237 e. The molecule has 3 aliphatic heterocycles. The maximum Gasteiger partial charge on any atom is 0.237 e. The minimum Gasteiger partial charge on any atom is -0.393 e. The van der Waals surface area contributed by atoms with Crippen molar-refractivity contribution in [2.24, 2.45) is 0 Å². The van der Waals surface area contributed by atoms with Gasteiger partial charge in [-0.2, -0.15) is 0 Å². The summed E-state index contributed by atoms with van der Waals surface area (Å²) in [4.78, 5) is 19.8. The fraction of sp³-hybridized carbons (Fsp3) is 0.682. The standard InChI is InChI=1S/C22H33N3O4/c26-19-6-8-23(9-7-19)16-20-22(18-4-2-1-3-5-18)25(12-15-29-20)21(27)17-24-10-13-28-14-11-24/h1-5,19-20,22,26H,6-17H2/t20-,22-/m0/s1. The number of carbonyl (C=O) groups is 1. The Bertz CT molecular complexity index is 645. The molecule has 1 amide bonds. The van der Waals surface area contributed by atoms with Gasteiger partial charge in [-0.3, -0.25) is 9.69 Å². The SMILES string of the molecule is O=C(CN1CCOCC1)N1CCO[C@@H](CN2CCC(O)CC2)[C@@H]1c1ccccc1. The topological polar surface area (TPSA) is 65.5 Å². The van der Waals surface area contributed by atoms with Crippen molar-refractivity contribution >= 4 is 5.91 Å². The molecule has 3 heterocycles. The molecule has 0 aliphatic carbocycles. The van der Waals surface area contributed by atoms with E-state index in [2.05, 4.69) is 21.9 Å². The summed E-state index contributed by atoms with van der Waals surface area (Å²) in [5.74, 6) is 0.170. The van der Waals surface area contributed by atoms with Crippen LogP contribution in [-0.2, 0) is 14.3 Å². The molecule has 3 aliphatic rings. The summed E-state index contributed by atoms with van der Waals surface area (Å²) in [6, 6.07) is 10.2. The molecule has 160 valence electrons. The Hall–Kier alpha value is -1.51. The van der Waals surface area contributed by atoms with E-state index in [0.29, 0.717) is 32.9 Å².